The van der Waals surface area contributed by atoms with Crippen molar-refractivity contribution in [3.63, 3.8) is 0 Å². The van der Waals surface area contributed by atoms with Crippen molar-refractivity contribution in [2.75, 3.05) is 14.7 Å². The minimum atomic E-state index is -0.158. The molecule has 0 aromatic heterocycles. The van der Waals surface area contributed by atoms with Crippen LogP contribution in [0.15, 0.2) is 158 Å². The molecule has 1 saturated carbocycles. The molecule has 2 atom stereocenters. The molecule has 0 radical (unpaired) electrons. The minimum Gasteiger partial charge on any atom is -0.334 e. The van der Waals surface area contributed by atoms with E-state index in [4.69, 9.17) is 0 Å². The largest absolute Gasteiger partial charge is 0.334 e. The maximum absolute atomic E-state index is 2.80. The summed E-state index contributed by atoms with van der Waals surface area (Å²) in [7, 11) is 0. The molecule has 0 spiro atoms. The van der Waals surface area contributed by atoms with Crippen LogP contribution in [-0.4, -0.2) is 12.3 Å². The third-order valence-electron chi connectivity index (χ3n) is 19.3. The SMILES string of the molecule is Cc1cc2c3c(c1)N(c1cccc4c1-c1ccccc1C4(C)C)c1cc(N4c5ccc(C(C)(C)C)cc5C5(C)CCCCC45C)ccc1B3c1cc(C(C)(C)C)ccc1N2c1ccc(C(C)(C)C)cc1-c1ccccc1. The summed E-state index contributed by atoms with van der Waals surface area (Å²) in [4.78, 5) is 8.16. The average molecular weight is 994 g/mol. The molecule has 3 aliphatic heterocycles. The highest BCUT2D eigenvalue weighted by atomic mass is 15.3. The molecule has 76 heavy (non-hydrogen) atoms. The van der Waals surface area contributed by atoms with Crippen LogP contribution in [0.5, 0.6) is 0 Å². The number of nitrogens with zero attached hydrogens (tertiary/aromatic N) is 3. The molecular weight excluding hydrogens is 918 g/mol. The van der Waals surface area contributed by atoms with Crippen molar-refractivity contribution in [3.05, 3.63) is 197 Å². The van der Waals surface area contributed by atoms with Gasteiger partial charge in [-0.2, -0.15) is 0 Å². The molecule has 382 valence electrons. The summed E-state index contributed by atoms with van der Waals surface area (Å²) in [6, 6.07) is 62.3. The lowest BCUT2D eigenvalue weighted by atomic mass is 9.33. The summed E-state index contributed by atoms with van der Waals surface area (Å²) in [6.07, 6.45) is 4.83. The lowest BCUT2D eigenvalue weighted by Gasteiger charge is -2.51. The second-order valence-corrected chi connectivity index (χ2v) is 27.4. The monoisotopic (exact) mass is 994 g/mol. The molecule has 5 aliphatic rings. The Labute approximate surface area is 455 Å². The fraction of sp³-hybridized carbons (Fsp3) is 0.333. The average Bonchev–Trinajstić information content (AvgIpc) is 3.97. The molecule has 3 nitrogen and oxygen atoms in total. The first-order valence-corrected chi connectivity index (χ1v) is 28.4. The van der Waals surface area contributed by atoms with Gasteiger partial charge in [0.1, 0.15) is 0 Å². The van der Waals surface area contributed by atoms with E-state index in [-0.39, 0.29) is 39.3 Å². The van der Waals surface area contributed by atoms with E-state index in [1.807, 2.05) is 0 Å². The summed E-state index contributed by atoms with van der Waals surface area (Å²) in [6.45, 7) is 33.5. The van der Waals surface area contributed by atoms with Gasteiger partial charge < -0.3 is 14.7 Å². The molecule has 13 rings (SSSR count). The standard InChI is InChI=1S/C72H76BN3/c1-45-39-63-66-64(40-45)75(61-28-22-27-54-65(61)51-25-18-19-26-53(51)70(54,11)12)62-44-50(76-59-35-30-48(68(5,6)7)42-55(59)71(13)37-20-21-38-72(71,76)14)32-33-56(62)73(66)57-43-49(69(8,9)10)31-36-60(57)74(63)58-34-29-47(67(2,3)4)41-52(58)46-23-16-15-17-24-46/h15-19,22-36,39-44H,20-21,37-38H2,1-14H3. The Morgan fingerprint density at radius 1 is 0.434 bits per heavy atom. The molecular formula is C72H76BN3. The third kappa shape index (κ3) is 6.93. The van der Waals surface area contributed by atoms with E-state index in [1.54, 1.807) is 0 Å². The Morgan fingerprint density at radius 2 is 1.03 bits per heavy atom. The van der Waals surface area contributed by atoms with E-state index >= 15 is 0 Å². The Bertz CT molecular complexity index is 3710. The van der Waals surface area contributed by atoms with E-state index in [9.17, 15) is 0 Å². The van der Waals surface area contributed by atoms with Crippen molar-refractivity contribution in [2.24, 2.45) is 0 Å². The van der Waals surface area contributed by atoms with Gasteiger partial charge in [0, 0.05) is 56.1 Å². The maximum atomic E-state index is 2.80. The highest BCUT2D eigenvalue weighted by Gasteiger charge is 2.58. The van der Waals surface area contributed by atoms with Gasteiger partial charge in [0.15, 0.2) is 0 Å². The highest BCUT2D eigenvalue weighted by Crippen LogP contribution is 2.62. The predicted octanol–water partition coefficient (Wildman–Crippen LogP) is 17.7. The topological polar surface area (TPSA) is 9.72 Å². The molecule has 8 aromatic rings. The number of hydrogen-bond acceptors (Lipinski definition) is 3. The van der Waals surface area contributed by atoms with Crippen molar-refractivity contribution in [1.29, 1.82) is 0 Å². The molecule has 3 heterocycles. The van der Waals surface area contributed by atoms with Crippen molar-refractivity contribution >= 4 is 68.6 Å². The first kappa shape index (κ1) is 48.8. The molecule has 2 unspecified atom stereocenters. The van der Waals surface area contributed by atoms with Crippen molar-refractivity contribution in [1.82, 2.24) is 0 Å². The zero-order chi connectivity index (χ0) is 53.2. The molecule has 0 bridgehead atoms. The first-order valence-electron chi connectivity index (χ1n) is 28.4. The number of rotatable bonds is 4. The Hall–Kier alpha value is -6.78. The fourth-order valence-corrected chi connectivity index (χ4v) is 14.8. The van der Waals surface area contributed by atoms with Gasteiger partial charge in [-0.25, -0.2) is 0 Å². The number of fused-ring (bicyclic) bond motifs is 10. The molecule has 0 saturated heterocycles. The highest BCUT2D eigenvalue weighted by molar-refractivity contribution is 7.00. The van der Waals surface area contributed by atoms with Crippen LogP contribution in [0.25, 0.3) is 22.3 Å². The molecule has 4 heteroatoms. The Morgan fingerprint density at radius 3 is 1.72 bits per heavy atom. The van der Waals surface area contributed by atoms with Crippen LogP contribution in [0.4, 0.5) is 45.5 Å². The van der Waals surface area contributed by atoms with E-state index in [2.05, 4.69) is 269 Å². The van der Waals surface area contributed by atoms with Crippen LogP contribution in [0, 0.1) is 6.92 Å². The maximum Gasteiger partial charge on any atom is 0.252 e. The van der Waals surface area contributed by atoms with Crippen LogP contribution < -0.4 is 31.1 Å². The quantitative estimate of drug-likeness (QED) is 0.163. The van der Waals surface area contributed by atoms with E-state index < -0.39 is 0 Å². The second-order valence-electron chi connectivity index (χ2n) is 27.4. The van der Waals surface area contributed by atoms with E-state index in [0.717, 1.165) is 6.42 Å². The lowest BCUT2D eigenvalue weighted by molar-refractivity contribution is 0.195. The zero-order valence-corrected chi connectivity index (χ0v) is 47.8. The second kappa shape index (κ2) is 16.4. The molecule has 0 N–H and O–H groups in total. The molecule has 2 aliphatic carbocycles. The Kier molecular flexibility index (Phi) is 10.5. The minimum absolute atomic E-state index is 0.00437. The fourth-order valence-electron chi connectivity index (χ4n) is 14.8. The van der Waals surface area contributed by atoms with Gasteiger partial charge in [-0.1, -0.05) is 199 Å². The van der Waals surface area contributed by atoms with Gasteiger partial charge in [0.25, 0.3) is 6.71 Å². The molecule has 0 amide bonds. The number of benzene rings is 8. The summed E-state index contributed by atoms with van der Waals surface area (Å²) in [5.74, 6) is 0. The summed E-state index contributed by atoms with van der Waals surface area (Å²) >= 11 is 0. The number of hydrogen-bond donors (Lipinski definition) is 0. The van der Waals surface area contributed by atoms with Crippen LogP contribution >= 0.6 is 0 Å². The van der Waals surface area contributed by atoms with Gasteiger partial charge in [-0.3, -0.25) is 0 Å². The Balaban J connectivity index is 1.13. The van der Waals surface area contributed by atoms with Gasteiger partial charge in [0.05, 0.1) is 16.9 Å². The van der Waals surface area contributed by atoms with Crippen molar-refractivity contribution in [3.8, 4) is 22.3 Å². The number of anilines is 8. The van der Waals surface area contributed by atoms with Gasteiger partial charge >= 0.3 is 0 Å². The zero-order valence-electron chi connectivity index (χ0n) is 47.8. The summed E-state index contributed by atoms with van der Waals surface area (Å²) < 4.78 is 0. The van der Waals surface area contributed by atoms with Crippen LogP contribution in [0.1, 0.15) is 155 Å². The van der Waals surface area contributed by atoms with Crippen molar-refractivity contribution in [2.45, 2.75) is 155 Å². The molecule has 1 fully saturated rings. The van der Waals surface area contributed by atoms with Crippen molar-refractivity contribution < 1.29 is 0 Å². The van der Waals surface area contributed by atoms with Crippen LogP contribution in [0.3, 0.4) is 0 Å². The normalized spacial score (nSPS) is 19.9. The smallest absolute Gasteiger partial charge is 0.252 e. The number of aryl methyl sites for hydroxylation is 1. The van der Waals surface area contributed by atoms with Gasteiger partial charge in [-0.05, 0) is 164 Å². The first-order chi connectivity index (χ1) is 36.0. The van der Waals surface area contributed by atoms with Crippen LogP contribution in [-0.2, 0) is 27.1 Å². The van der Waals surface area contributed by atoms with Gasteiger partial charge in [0.2, 0.25) is 0 Å². The van der Waals surface area contributed by atoms with E-state index in [0.29, 0.717) is 0 Å². The summed E-state index contributed by atoms with van der Waals surface area (Å²) in [5, 5.41) is 0. The van der Waals surface area contributed by atoms with Gasteiger partial charge in [-0.15, -0.1) is 0 Å². The summed E-state index contributed by atoms with van der Waals surface area (Å²) in [5.41, 5.74) is 28.7. The van der Waals surface area contributed by atoms with E-state index in [1.165, 1.54) is 142 Å². The third-order valence-corrected chi connectivity index (χ3v) is 19.3. The lowest BCUT2D eigenvalue weighted by Crippen LogP contribution is -2.61. The van der Waals surface area contributed by atoms with Crippen LogP contribution in [0.2, 0.25) is 0 Å². The molecule has 8 aromatic carbocycles. The predicted molar refractivity (Wildman–Crippen MR) is 327 cm³/mol.